The molecule has 14 heteroatoms. The van der Waals surface area contributed by atoms with Gasteiger partial charge in [0, 0.05) is 61.6 Å². The molecule has 0 bridgehead atoms. The number of amides is 3. The van der Waals surface area contributed by atoms with Crippen molar-refractivity contribution in [2.75, 3.05) is 29.9 Å². The zero-order valence-electron chi connectivity index (χ0n) is 31.4. The smallest absolute Gasteiger partial charge is 0.274 e. The summed E-state index contributed by atoms with van der Waals surface area (Å²) in [6, 6.07) is 9.29. The number of carbonyl (C=O) groups is 3. The molecule has 4 fully saturated rings. The SMILES string of the molecule is CC(C)Oc1cc2nn(C3CCC(CNC4CCN(c5ncc(C6CCC(=O)NC6=O)cc5F)CC4)CC3)cc2cc1C(=O)Nc1cccn(C2CC2)c1=O. The number of halogens is 1. The van der Waals surface area contributed by atoms with E-state index in [-0.39, 0.29) is 47.7 Å². The summed E-state index contributed by atoms with van der Waals surface area (Å²) in [7, 11) is 0. The fourth-order valence-corrected chi connectivity index (χ4v) is 8.35. The summed E-state index contributed by atoms with van der Waals surface area (Å²) in [6.07, 6.45) is 13.7. The van der Waals surface area contributed by atoms with Crippen LogP contribution >= 0.6 is 0 Å². The Balaban J connectivity index is 0.838. The summed E-state index contributed by atoms with van der Waals surface area (Å²) in [5.41, 5.74) is 1.69. The van der Waals surface area contributed by atoms with E-state index < -0.39 is 17.6 Å². The van der Waals surface area contributed by atoms with Crippen molar-refractivity contribution in [3.8, 4) is 5.75 Å². The third-order valence-electron chi connectivity index (χ3n) is 11.6. The maximum absolute atomic E-state index is 15.2. The van der Waals surface area contributed by atoms with Crippen molar-refractivity contribution < 1.29 is 23.5 Å². The van der Waals surface area contributed by atoms with Gasteiger partial charge in [-0.1, -0.05) is 0 Å². The Labute approximate surface area is 319 Å². The minimum atomic E-state index is -0.556. The molecule has 0 spiro atoms. The number of fused-ring (bicyclic) bond motifs is 1. The zero-order chi connectivity index (χ0) is 38.2. The Morgan fingerprint density at radius 2 is 1.76 bits per heavy atom. The van der Waals surface area contributed by atoms with Crippen LogP contribution in [0.5, 0.6) is 5.75 Å². The first-order valence-electron chi connectivity index (χ1n) is 19.8. The van der Waals surface area contributed by atoms with Crippen LogP contribution in [0.25, 0.3) is 10.9 Å². The average Bonchev–Trinajstić information content (AvgIpc) is 3.93. The Morgan fingerprint density at radius 3 is 2.47 bits per heavy atom. The number of hydrogen-bond acceptors (Lipinski definition) is 9. The maximum Gasteiger partial charge on any atom is 0.274 e. The number of anilines is 2. The molecule has 1 atom stereocenters. The van der Waals surface area contributed by atoms with E-state index in [9.17, 15) is 19.2 Å². The molecule has 290 valence electrons. The number of hydrogen-bond donors (Lipinski definition) is 3. The van der Waals surface area contributed by atoms with Crippen molar-refractivity contribution in [2.45, 2.75) is 108 Å². The van der Waals surface area contributed by atoms with Crippen LogP contribution in [0, 0.1) is 11.7 Å². The Bertz CT molecular complexity index is 2150. The van der Waals surface area contributed by atoms with E-state index in [0.29, 0.717) is 54.2 Å². The number of nitrogens with zero attached hydrogens (tertiary/aromatic N) is 5. The first kappa shape index (κ1) is 36.8. The lowest BCUT2D eigenvalue weighted by atomic mass is 9.85. The summed E-state index contributed by atoms with van der Waals surface area (Å²) in [4.78, 5) is 56.7. The van der Waals surface area contributed by atoms with Gasteiger partial charge in [-0.05, 0) is 114 Å². The number of imide groups is 1. The molecule has 3 aromatic heterocycles. The zero-order valence-corrected chi connectivity index (χ0v) is 31.4. The highest BCUT2D eigenvalue weighted by molar-refractivity contribution is 6.08. The van der Waals surface area contributed by atoms with E-state index >= 15 is 4.39 Å². The molecule has 2 saturated carbocycles. The van der Waals surface area contributed by atoms with Gasteiger partial charge in [-0.25, -0.2) is 9.37 Å². The first-order chi connectivity index (χ1) is 26.6. The van der Waals surface area contributed by atoms with Gasteiger partial charge in [0.15, 0.2) is 11.6 Å². The van der Waals surface area contributed by atoms with Gasteiger partial charge in [-0.15, -0.1) is 0 Å². The molecule has 55 heavy (non-hydrogen) atoms. The summed E-state index contributed by atoms with van der Waals surface area (Å²) in [5.74, 6) is -0.760. The summed E-state index contributed by atoms with van der Waals surface area (Å²) in [5, 5.41) is 14.7. The molecule has 3 N–H and O–H groups in total. The van der Waals surface area contributed by atoms with E-state index in [0.717, 1.165) is 68.8 Å². The second kappa shape index (κ2) is 15.6. The number of benzene rings is 1. The van der Waals surface area contributed by atoms with E-state index in [4.69, 9.17) is 9.84 Å². The average molecular weight is 753 g/mol. The molecule has 2 saturated heterocycles. The van der Waals surface area contributed by atoms with Gasteiger partial charge in [-0.3, -0.25) is 29.2 Å². The predicted octanol–water partition coefficient (Wildman–Crippen LogP) is 5.62. The molecule has 4 aromatic rings. The minimum Gasteiger partial charge on any atom is -0.490 e. The second-order valence-corrected chi connectivity index (χ2v) is 15.9. The van der Waals surface area contributed by atoms with Gasteiger partial charge in [-0.2, -0.15) is 5.10 Å². The number of rotatable bonds is 11. The number of nitrogens with one attached hydrogen (secondary N) is 3. The van der Waals surface area contributed by atoms with Crippen molar-refractivity contribution in [2.24, 2.45) is 5.92 Å². The Kier molecular flexibility index (Phi) is 10.4. The molecular weight excluding hydrogens is 704 g/mol. The number of piperidine rings is 2. The molecule has 13 nitrogen and oxygen atoms in total. The molecule has 8 rings (SSSR count). The summed E-state index contributed by atoms with van der Waals surface area (Å²) < 4.78 is 25.0. The lowest BCUT2D eigenvalue weighted by molar-refractivity contribution is -0.134. The van der Waals surface area contributed by atoms with Gasteiger partial charge in [0.05, 0.1) is 29.1 Å². The quantitative estimate of drug-likeness (QED) is 0.166. The molecule has 2 aliphatic carbocycles. The van der Waals surface area contributed by atoms with E-state index in [2.05, 4.69) is 20.9 Å². The molecule has 5 heterocycles. The van der Waals surface area contributed by atoms with Crippen LogP contribution in [-0.2, 0) is 9.59 Å². The van der Waals surface area contributed by atoms with Crippen LogP contribution in [-0.4, -0.2) is 68.8 Å². The lowest BCUT2D eigenvalue weighted by Crippen LogP contribution is -2.44. The van der Waals surface area contributed by atoms with Crippen LogP contribution < -0.4 is 31.1 Å². The van der Waals surface area contributed by atoms with Gasteiger partial charge >= 0.3 is 0 Å². The molecule has 0 radical (unpaired) electrons. The Morgan fingerprint density at radius 1 is 1.00 bits per heavy atom. The molecule has 2 aliphatic heterocycles. The van der Waals surface area contributed by atoms with E-state index in [1.807, 2.05) is 41.8 Å². The molecule has 4 aliphatic rings. The highest BCUT2D eigenvalue weighted by Crippen LogP contribution is 2.36. The van der Waals surface area contributed by atoms with E-state index in [1.54, 1.807) is 29.1 Å². The number of aromatic nitrogens is 4. The first-order valence-corrected chi connectivity index (χ1v) is 19.8. The van der Waals surface area contributed by atoms with Gasteiger partial charge in [0.1, 0.15) is 11.4 Å². The van der Waals surface area contributed by atoms with E-state index in [1.165, 1.54) is 6.07 Å². The number of ether oxygens (including phenoxy) is 1. The minimum absolute atomic E-state index is 0.155. The van der Waals surface area contributed by atoms with Gasteiger partial charge in [0.25, 0.3) is 11.5 Å². The number of carbonyl (C=O) groups excluding carboxylic acids is 3. The Hall–Kier alpha value is -5.11. The fourth-order valence-electron chi connectivity index (χ4n) is 8.35. The largest absolute Gasteiger partial charge is 0.490 e. The van der Waals surface area contributed by atoms with Crippen LogP contribution in [0.15, 0.2) is 53.7 Å². The van der Waals surface area contributed by atoms with Crippen molar-refractivity contribution in [1.82, 2.24) is 30.0 Å². The molecule has 3 amide bonds. The van der Waals surface area contributed by atoms with Gasteiger partial charge < -0.3 is 24.8 Å². The van der Waals surface area contributed by atoms with Crippen molar-refractivity contribution in [3.05, 3.63) is 76.2 Å². The fraction of sp³-hybridized carbons (Fsp3) is 0.512. The second-order valence-electron chi connectivity index (χ2n) is 15.9. The molecular formula is C41H49FN8O5. The number of pyridine rings is 2. The normalized spacial score (nSPS) is 22.3. The predicted molar refractivity (Wildman–Crippen MR) is 206 cm³/mol. The topological polar surface area (TPSA) is 152 Å². The third-order valence-corrected chi connectivity index (χ3v) is 11.6. The highest BCUT2D eigenvalue weighted by Gasteiger charge is 2.31. The maximum atomic E-state index is 15.2. The highest BCUT2D eigenvalue weighted by atomic mass is 19.1. The van der Waals surface area contributed by atoms with Crippen LogP contribution in [0.3, 0.4) is 0 Å². The summed E-state index contributed by atoms with van der Waals surface area (Å²) in [6.45, 7) is 6.15. The van der Waals surface area contributed by atoms with Gasteiger partial charge in [0.2, 0.25) is 11.8 Å². The molecule has 1 aromatic carbocycles. The van der Waals surface area contributed by atoms with Crippen molar-refractivity contribution in [3.63, 3.8) is 0 Å². The third kappa shape index (κ3) is 8.14. The van der Waals surface area contributed by atoms with Crippen LogP contribution in [0.1, 0.15) is 112 Å². The lowest BCUT2D eigenvalue weighted by Gasteiger charge is -2.35. The summed E-state index contributed by atoms with van der Waals surface area (Å²) >= 11 is 0. The standard InChI is InChI=1S/C41H49FN8O5/c1-24(2)55-36-20-35-27(18-32(36)40(53)45-34-4-3-15-49(41(34)54)29-9-10-29)23-50(47-35)30-7-5-25(6-8-30)21-43-28-13-16-48(17-14-28)38-33(42)19-26(22-44-38)31-11-12-37(51)46-39(31)52/h3-4,15,18-20,22-25,28-31,43H,5-14,16-17,21H2,1-2H3,(H,45,53)(H,46,51,52). The van der Waals surface area contributed by atoms with Crippen molar-refractivity contribution >= 4 is 40.1 Å². The monoisotopic (exact) mass is 752 g/mol. The van der Waals surface area contributed by atoms with Crippen LogP contribution in [0.2, 0.25) is 0 Å². The molecule has 1 unspecified atom stereocenters. The van der Waals surface area contributed by atoms with Crippen molar-refractivity contribution in [1.29, 1.82) is 0 Å². The van der Waals surface area contributed by atoms with Crippen LogP contribution in [0.4, 0.5) is 15.9 Å².